The fourth-order valence-electron chi connectivity index (χ4n) is 2.38. The first-order valence-electron chi connectivity index (χ1n) is 6.87. The van der Waals surface area contributed by atoms with Gasteiger partial charge in [-0.1, -0.05) is 18.2 Å². The number of nitrogens with two attached hydrogens (primary N) is 1. The number of ether oxygens (including phenoxy) is 1. The number of nitrogens with zero attached hydrogens (tertiary/aromatic N) is 1. The predicted molar refractivity (Wildman–Crippen MR) is 77.9 cm³/mol. The molecule has 0 radical (unpaired) electrons. The van der Waals surface area contributed by atoms with Crippen LogP contribution >= 0.6 is 0 Å². The lowest BCUT2D eigenvalue weighted by atomic mass is 9.84. The highest BCUT2D eigenvalue weighted by molar-refractivity contribution is 5.98. The predicted octanol–water partition coefficient (Wildman–Crippen LogP) is 0.858. The molecule has 6 heteroatoms. The van der Waals surface area contributed by atoms with Gasteiger partial charge in [0.2, 0.25) is 5.91 Å². The molecule has 0 saturated carbocycles. The number of amides is 1. The zero-order chi connectivity index (χ0) is 15.5. The van der Waals surface area contributed by atoms with Crippen molar-refractivity contribution in [2.45, 2.75) is 19.4 Å². The van der Waals surface area contributed by atoms with E-state index in [0.29, 0.717) is 12.3 Å². The summed E-state index contributed by atoms with van der Waals surface area (Å²) in [5.74, 6) is -1.14. The smallest absolute Gasteiger partial charge is 0.305 e. The van der Waals surface area contributed by atoms with Crippen LogP contribution in [0.5, 0.6) is 0 Å². The highest BCUT2D eigenvalue weighted by Crippen LogP contribution is 2.31. The van der Waals surface area contributed by atoms with Gasteiger partial charge in [0, 0.05) is 18.3 Å². The summed E-state index contributed by atoms with van der Waals surface area (Å²) >= 11 is 0. The molecule has 2 atom stereocenters. The standard InChI is InChI=1S/C15H20N2O4/c1-15(10-21-9-12(15)16)14(20)17(8-7-13(18)19)11-5-3-2-4-6-11/h2-6,12H,7-10,16H2,1H3,(H,18,19). The van der Waals surface area contributed by atoms with Crippen molar-refractivity contribution in [3.05, 3.63) is 30.3 Å². The van der Waals surface area contributed by atoms with E-state index in [9.17, 15) is 9.59 Å². The van der Waals surface area contributed by atoms with Gasteiger partial charge >= 0.3 is 5.97 Å². The zero-order valence-electron chi connectivity index (χ0n) is 12.0. The van der Waals surface area contributed by atoms with Crippen LogP contribution < -0.4 is 10.6 Å². The molecule has 1 fully saturated rings. The van der Waals surface area contributed by atoms with Crippen molar-refractivity contribution in [1.29, 1.82) is 0 Å². The summed E-state index contributed by atoms with van der Waals surface area (Å²) in [4.78, 5) is 25.2. The molecular formula is C15H20N2O4. The van der Waals surface area contributed by atoms with E-state index >= 15 is 0 Å². The first-order chi connectivity index (χ1) is 9.95. The summed E-state index contributed by atoms with van der Waals surface area (Å²) in [5.41, 5.74) is 5.84. The lowest BCUT2D eigenvalue weighted by Crippen LogP contribution is -2.52. The SMILES string of the molecule is CC1(C(=O)N(CCC(=O)O)c2ccccc2)COCC1N. The summed E-state index contributed by atoms with van der Waals surface area (Å²) in [6.07, 6.45) is -0.118. The number of carboxylic acid groups (broad SMARTS) is 1. The van der Waals surface area contributed by atoms with Crippen molar-refractivity contribution in [1.82, 2.24) is 0 Å². The largest absolute Gasteiger partial charge is 0.481 e. The minimum Gasteiger partial charge on any atom is -0.481 e. The Morgan fingerprint density at radius 3 is 2.62 bits per heavy atom. The molecule has 0 aliphatic carbocycles. The fourth-order valence-corrected chi connectivity index (χ4v) is 2.38. The number of carboxylic acids is 1. The number of anilines is 1. The fraction of sp³-hybridized carbons (Fsp3) is 0.467. The molecule has 0 spiro atoms. The number of carbonyl (C=O) groups is 2. The Morgan fingerprint density at radius 2 is 2.10 bits per heavy atom. The monoisotopic (exact) mass is 292 g/mol. The third-order valence-electron chi connectivity index (χ3n) is 3.87. The molecule has 1 amide bonds. The van der Waals surface area contributed by atoms with E-state index in [-0.39, 0.29) is 31.5 Å². The maximum Gasteiger partial charge on any atom is 0.305 e. The average Bonchev–Trinajstić information content (AvgIpc) is 2.81. The number of rotatable bonds is 5. The van der Waals surface area contributed by atoms with Crippen molar-refractivity contribution >= 4 is 17.6 Å². The first kappa shape index (κ1) is 15.5. The van der Waals surface area contributed by atoms with Crippen LogP contribution in [0.4, 0.5) is 5.69 Å². The lowest BCUT2D eigenvalue weighted by Gasteiger charge is -2.33. The van der Waals surface area contributed by atoms with Crippen molar-refractivity contribution in [3.8, 4) is 0 Å². The maximum atomic E-state index is 12.9. The third kappa shape index (κ3) is 3.22. The topological polar surface area (TPSA) is 92.9 Å². The zero-order valence-corrected chi connectivity index (χ0v) is 12.0. The molecule has 1 aliphatic heterocycles. The van der Waals surface area contributed by atoms with Gasteiger partial charge in [0.05, 0.1) is 25.0 Å². The number of aliphatic carboxylic acids is 1. The quantitative estimate of drug-likeness (QED) is 0.839. The minimum atomic E-state index is -0.944. The molecular weight excluding hydrogens is 272 g/mol. The van der Waals surface area contributed by atoms with Gasteiger partial charge in [0.25, 0.3) is 0 Å². The second-order valence-electron chi connectivity index (χ2n) is 5.48. The number of para-hydroxylation sites is 1. The number of carbonyl (C=O) groups excluding carboxylic acids is 1. The Hall–Kier alpha value is -1.92. The Morgan fingerprint density at radius 1 is 1.43 bits per heavy atom. The van der Waals surface area contributed by atoms with Gasteiger partial charge in [0.15, 0.2) is 0 Å². The van der Waals surface area contributed by atoms with Crippen LogP contribution in [-0.2, 0) is 14.3 Å². The molecule has 1 aromatic rings. The van der Waals surface area contributed by atoms with Crippen molar-refractivity contribution < 1.29 is 19.4 Å². The highest BCUT2D eigenvalue weighted by atomic mass is 16.5. The van der Waals surface area contributed by atoms with E-state index in [0.717, 1.165) is 0 Å². The third-order valence-corrected chi connectivity index (χ3v) is 3.87. The second kappa shape index (κ2) is 6.24. The average molecular weight is 292 g/mol. The van der Waals surface area contributed by atoms with Crippen LogP contribution in [0.25, 0.3) is 0 Å². The maximum absolute atomic E-state index is 12.9. The van der Waals surface area contributed by atoms with Gasteiger partial charge in [-0.05, 0) is 19.1 Å². The first-order valence-corrected chi connectivity index (χ1v) is 6.87. The summed E-state index contributed by atoms with van der Waals surface area (Å²) < 4.78 is 5.32. The van der Waals surface area contributed by atoms with E-state index in [1.54, 1.807) is 19.1 Å². The molecule has 1 heterocycles. The van der Waals surface area contributed by atoms with E-state index < -0.39 is 11.4 Å². The summed E-state index contributed by atoms with van der Waals surface area (Å²) in [7, 11) is 0. The second-order valence-corrected chi connectivity index (χ2v) is 5.48. The van der Waals surface area contributed by atoms with Gasteiger partial charge in [-0.25, -0.2) is 0 Å². The Bertz CT molecular complexity index is 520. The minimum absolute atomic E-state index is 0.112. The van der Waals surface area contributed by atoms with Crippen molar-refractivity contribution in [3.63, 3.8) is 0 Å². The van der Waals surface area contributed by atoms with Crippen molar-refractivity contribution in [2.24, 2.45) is 11.1 Å². The van der Waals surface area contributed by atoms with Crippen LogP contribution in [0.1, 0.15) is 13.3 Å². The van der Waals surface area contributed by atoms with Crippen LogP contribution in [0, 0.1) is 5.41 Å². The van der Waals surface area contributed by atoms with Gasteiger partial charge in [0.1, 0.15) is 0 Å². The number of hydrogen-bond acceptors (Lipinski definition) is 4. The van der Waals surface area contributed by atoms with E-state index in [1.165, 1.54) is 4.90 Å². The van der Waals surface area contributed by atoms with Gasteiger partial charge in [-0.2, -0.15) is 0 Å². The number of hydrogen-bond donors (Lipinski definition) is 2. The van der Waals surface area contributed by atoms with Crippen LogP contribution in [-0.4, -0.2) is 42.8 Å². The molecule has 1 aliphatic rings. The Balaban J connectivity index is 2.26. The molecule has 3 N–H and O–H groups in total. The Labute approximate surface area is 123 Å². The summed E-state index contributed by atoms with van der Waals surface area (Å²) in [5, 5.41) is 8.89. The molecule has 2 unspecified atom stereocenters. The molecule has 1 saturated heterocycles. The lowest BCUT2D eigenvalue weighted by molar-refractivity contribution is -0.136. The molecule has 6 nitrogen and oxygen atoms in total. The van der Waals surface area contributed by atoms with Gasteiger partial charge in [-0.3, -0.25) is 9.59 Å². The van der Waals surface area contributed by atoms with E-state index in [1.807, 2.05) is 18.2 Å². The van der Waals surface area contributed by atoms with Crippen LogP contribution in [0.2, 0.25) is 0 Å². The van der Waals surface area contributed by atoms with Crippen molar-refractivity contribution in [2.75, 3.05) is 24.7 Å². The van der Waals surface area contributed by atoms with Gasteiger partial charge < -0.3 is 20.5 Å². The number of benzene rings is 1. The molecule has 2 rings (SSSR count). The van der Waals surface area contributed by atoms with E-state index in [4.69, 9.17) is 15.6 Å². The molecule has 0 aromatic heterocycles. The molecule has 21 heavy (non-hydrogen) atoms. The molecule has 114 valence electrons. The Kier molecular flexibility index (Phi) is 4.59. The normalized spacial score (nSPS) is 24.8. The highest BCUT2D eigenvalue weighted by Gasteiger charge is 2.46. The molecule has 0 bridgehead atoms. The van der Waals surface area contributed by atoms with Crippen LogP contribution in [0.3, 0.4) is 0 Å². The summed E-state index contributed by atoms with van der Waals surface area (Å²) in [6.45, 7) is 2.47. The van der Waals surface area contributed by atoms with Gasteiger partial charge in [-0.15, -0.1) is 0 Å². The summed E-state index contributed by atoms with van der Waals surface area (Å²) in [6, 6.07) is 8.64. The van der Waals surface area contributed by atoms with Crippen LogP contribution in [0.15, 0.2) is 30.3 Å². The molecule has 1 aromatic carbocycles. The van der Waals surface area contributed by atoms with E-state index in [2.05, 4.69) is 0 Å².